The third-order valence-electron chi connectivity index (χ3n) is 4.98. The summed E-state index contributed by atoms with van der Waals surface area (Å²) in [6.45, 7) is 10.8. The van der Waals surface area contributed by atoms with E-state index in [0.717, 1.165) is 5.92 Å². The third kappa shape index (κ3) is 4.00. The highest BCUT2D eigenvalue weighted by Crippen LogP contribution is 2.28. The zero-order valence-corrected chi connectivity index (χ0v) is 14.2. The molecule has 0 spiro atoms. The molecule has 1 aromatic carbocycles. The van der Waals surface area contributed by atoms with Gasteiger partial charge >= 0.3 is 0 Å². The quantitative estimate of drug-likeness (QED) is 0.918. The van der Waals surface area contributed by atoms with Crippen LogP contribution < -0.4 is 5.32 Å². The molecule has 1 aromatic rings. The Bertz CT molecular complexity index is 453. The lowest BCUT2D eigenvalue weighted by Gasteiger charge is -2.34. The van der Waals surface area contributed by atoms with Crippen LogP contribution >= 0.6 is 12.4 Å². The summed E-state index contributed by atoms with van der Waals surface area (Å²) in [6, 6.07) is 6.92. The molecule has 0 atom stereocenters. The van der Waals surface area contributed by atoms with Crippen LogP contribution in [0.4, 0.5) is 0 Å². The molecule has 1 N–H and O–H groups in total. The average Bonchev–Trinajstić information content (AvgIpc) is 2.47. The fraction of sp³-hybridized carbons (Fsp3) is 0.667. The predicted molar refractivity (Wildman–Crippen MR) is 92.4 cm³/mol. The molecular weight excluding hydrogens is 280 g/mol. The van der Waals surface area contributed by atoms with Crippen molar-refractivity contribution in [2.45, 2.75) is 45.6 Å². The van der Waals surface area contributed by atoms with Crippen molar-refractivity contribution in [3.63, 3.8) is 0 Å². The number of piperidine rings is 1. The van der Waals surface area contributed by atoms with Gasteiger partial charge in [-0.3, -0.25) is 4.90 Å². The average molecular weight is 309 g/mol. The van der Waals surface area contributed by atoms with Gasteiger partial charge in [-0.2, -0.15) is 0 Å². The molecule has 0 aliphatic carbocycles. The van der Waals surface area contributed by atoms with Gasteiger partial charge in [-0.25, -0.2) is 0 Å². The minimum absolute atomic E-state index is 0. The van der Waals surface area contributed by atoms with E-state index >= 15 is 0 Å². The molecule has 3 rings (SSSR count). The minimum Gasteiger partial charge on any atom is -0.317 e. The third-order valence-corrected chi connectivity index (χ3v) is 4.98. The van der Waals surface area contributed by atoms with Crippen molar-refractivity contribution in [1.82, 2.24) is 10.2 Å². The summed E-state index contributed by atoms with van der Waals surface area (Å²) in [5.74, 6) is 1.56. The fourth-order valence-corrected chi connectivity index (χ4v) is 3.82. The van der Waals surface area contributed by atoms with Crippen LogP contribution in [0.1, 0.15) is 49.3 Å². The molecule has 2 aliphatic rings. The first-order chi connectivity index (χ1) is 9.74. The molecule has 0 unspecified atom stereocenters. The van der Waals surface area contributed by atoms with E-state index in [1.165, 1.54) is 52.0 Å². The standard InChI is InChI=1S/C18H28N2.ClH/c1-14(2)17-5-3-4-16-13-20(11-8-18(16)17)12-15-6-9-19-10-7-15;/h3-5,14-15,19H,6-13H2,1-2H3;1H. The number of nitrogens with zero attached hydrogens (tertiary/aromatic N) is 1. The monoisotopic (exact) mass is 308 g/mol. The topological polar surface area (TPSA) is 15.3 Å². The first-order valence-corrected chi connectivity index (χ1v) is 8.28. The van der Waals surface area contributed by atoms with E-state index < -0.39 is 0 Å². The molecule has 2 aliphatic heterocycles. The summed E-state index contributed by atoms with van der Waals surface area (Å²) in [5, 5.41) is 3.47. The van der Waals surface area contributed by atoms with Crippen LogP contribution in [0.3, 0.4) is 0 Å². The summed E-state index contributed by atoms with van der Waals surface area (Å²) >= 11 is 0. The van der Waals surface area contributed by atoms with Gasteiger partial charge in [0.25, 0.3) is 0 Å². The molecule has 0 radical (unpaired) electrons. The lowest BCUT2D eigenvalue weighted by molar-refractivity contribution is 0.191. The van der Waals surface area contributed by atoms with Crippen LogP contribution in [0.15, 0.2) is 18.2 Å². The second-order valence-corrected chi connectivity index (χ2v) is 6.82. The highest BCUT2D eigenvalue weighted by atomic mass is 35.5. The molecule has 0 saturated carbocycles. The Morgan fingerprint density at radius 3 is 2.71 bits per heavy atom. The van der Waals surface area contributed by atoms with Crippen molar-refractivity contribution < 1.29 is 0 Å². The van der Waals surface area contributed by atoms with Gasteiger partial charge in [0.05, 0.1) is 0 Å². The number of rotatable bonds is 3. The first kappa shape index (κ1) is 16.8. The summed E-state index contributed by atoms with van der Waals surface area (Å²) in [7, 11) is 0. The van der Waals surface area contributed by atoms with Gasteiger partial charge < -0.3 is 5.32 Å². The zero-order chi connectivity index (χ0) is 13.9. The molecule has 0 aromatic heterocycles. The van der Waals surface area contributed by atoms with Crippen molar-refractivity contribution in [3.8, 4) is 0 Å². The van der Waals surface area contributed by atoms with Crippen molar-refractivity contribution in [3.05, 3.63) is 34.9 Å². The Kier molecular flexibility index (Phi) is 6.09. The van der Waals surface area contributed by atoms with Crippen LogP contribution in [-0.2, 0) is 13.0 Å². The largest absolute Gasteiger partial charge is 0.317 e. The van der Waals surface area contributed by atoms with Gasteiger partial charge in [0.15, 0.2) is 0 Å². The predicted octanol–water partition coefficient (Wildman–Crippen LogP) is 3.59. The molecule has 118 valence electrons. The molecule has 3 heteroatoms. The molecule has 2 heterocycles. The van der Waals surface area contributed by atoms with E-state index in [2.05, 4.69) is 42.3 Å². The molecule has 0 amide bonds. The Morgan fingerprint density at radius 2 is 2.00 bits per heavy atom. The highest BCUT2D eigenvalue weighted by molar-refractivity contribution is 5.85. The van der Waals surface area contributed by atoms with Gasteiger partial charge in [0.2, 0.25) is 0 Å². The number of nitrogens with one attached hydrogen (secondary N) is 1. The number of hydrogen-bond acceptors (Lipinski definition) is 2. The maximum atomic E-state index is 3.47. The van der Waals surface area contributed by atoms with Gasteiger partial charge in [-0.05, 0) is 60.9 Å². The highest BCUT2D eigenvalue weighted by Gasteiger charge is 2.22. The lowest BCUT2D eigenvalue weighted by Crippen LogP contribution is -2.38. The SMILES string of the molecule is CC(C)c1cccc2c1CCN(CC1CCNCC1)C2.Cl. The number of benzene rings is 1. The number of hydrogen-bond donors (Lipinski definition) is 1. The zero-order valence-electron chi connectivity index (χ0n) is 13.4. The summed E-state index contributed by atoms with van der Waals surface area (Å²) in [5.41, 5.74) is 4.80. The van der Waals surface area contributed by atoms with Gasteiger partial charge in [-0.15, -0.1) is 12.4 Å². The van der Waals surface area contributed by atoms with E-state index in [-0.39, 0.29) is 12.4 Å². The first-order valence-electron chi connectivity index (χ1n) is 8.28. The molecule has 0 bridgehead atoms. The molecule has 2 nitrogen and oxygen atoms in total. The fourth-order valence-electron chi connectivity index (χ4n) is 3.82. The Labute approximate surface area is 135 Å². The van der Waals surface area contributed by atoms with E-state index in [1.54, 1.807) is 16.7 Å². The minimum atomic E-state index is 0. The normalized spacial score (nSPS) is 20.1. The van der Waals surface area contributed by atoms with E-state index in [4.69, 9.17) is 0 Å². The van der Waals surface area contributed by atoms with Crippen molar-refractivity contribution >= 4 is 12.4 Å². The molecule has 21 heavy (non-hydrogen) atoms. The summed E-state index contributed by atoms with van der Waals surface area (Å²) < 4.78 is 0. The van der Waals surface area contributed by atoms with Crippen molar-refractivity contribution in [2.75, 3.05) is 26.2 Å². The van der Waals surface area contributed by atoms with E-state index in [1.807, 2.05) is 0 Å². The molecule has 1 saturated heterocycles. The second-order valence-electron chi connectivity index (χ2n) is 6.82. The van der Waals surface area contributed by atoms with Crippen LogP contribution in [0.2, 0.25) is 0 Å². The molecular formula is C18H29ClN2. The lowest BCUT2D eigenvalue weighted by atomic mass is 9.88. The Morgan fingerprint density at radius 1 is 1.24 bits per heavy atom. The molecule has 1 fully saturated rings. The Balaban J connectivity index is 0.00000161. The van der Waals surface area contributed by atoms with Gasteiger partial charge in [0.1, 0.15) is 0 Å². The maximum absolute atomic E-state index is 3.47. The maximum Gasteiger partial charge on any atom is 0.0236 e. The van der Waals surface area contributed by atoms with Gasteiger partial charge in [0, 0.05) is 19.6 Å². The van der Waals surface area contributed by atoms with E-state index in [0.29, 0.717) is 5.92 Å². The van der Waals surface area contributed by atoms with Crippen LogP contribution in [0.25, 0.3) is 0 Å². The number of fused-ring (bicyclic) bond motifs is 1. The van der Waals surface area contributed by atoms with E-state index in [9.17, 15) is 0 Å². The van der Waals surface area contributed by atoms with Crippen LogP contribution in [0, 0.1) is 5.92 Å². The van der Waals surface area contributed by atoms with Crippen molar-refractivity contribution in [1.29, 1.82) is 0 Å². The summed E-state index contributed by atoms with van der Waals surface area (Å²) in [4.78, 5) is 2.68. The smallest absolute Gasteiger partial charge is 0.0236 e. The van der Waals surface area contributed by atoms with Crippen molar-refractivity contribution in [2.24, 2.45) is 5.92 Å². The number of halogens is 1. The Hall–Kier alpha value is -0.570. The van der Waals surface area contributed by atoms with Crippen LogP contribution in [-0.4, -0.2) is 31.1 Å². The van der Waals surface area contributed by atoms with Crippen LogP contribution in [0.5, 0.6) is 0 Å². The van der Waals surface area contributed by atoms with Gasteiger partial charge in [-0.1, -0.05) is 32.0 Å². The second kappa shape index (κ2) is 7.62. The summed E-state index contributed by atoms with van der Waals surface area (Å²) in [6.07, 6.45) is 3.96.